The van der Waals surface area contributed by atoms with E-state index in [0.717, 1.165) is 11.6 Å². The van der Waals surface area contributed by atoms with Gasteiger partial charge >= 0.3 is 0 Å². The fourth-order valence-corrected chi connectivity index (χ4v) is 5.43. The lowest BCUT2D eigenvalue weighted by Crippen LogP contribution is -2.45. The monoisotopic (exact) mass is 569 g/mol. The number of amides is 2. The molecule has 2 fully saturated rings. The standard InChI is InChI=1S/C30H30ClF2N3O4/c1-39-22-5-2-4-19(16-22)28-23(6-3-11-34-28)29(37)35-12-7-20(8-13-35)40-21-9-14-36(15-10-21)30(38)24-17-25(31)27(33)18-26(24)32/h2-6,11,16-18,20-21H,7-10,12-15H2,1H3. The number of benzene rings is 2. The molecule has 2 saturated heterocycles. The van der Waals surface area contributed by atoms with E-state index in [2.05, 4.69) is 4.98 Å². The van der Waals surface area contributed by atoms with Crippen LogP contribution in [0.2, 0.25) is 5.02 Å². The van der Waals surface area contributed by atoms with E-state index in [1.165, 1.54) is 0 Å². The Balaban J connectivity index is 1.13. The van der Waals surface area contributed by atoms with Gasteiger partial charge in [0.25, 0.3) is 11.8 Å². The van der Waals surface area contributed by atoms with Gasteiger partial charge in [0.1, 0.15) is 17.4 Å². The number of carbonyl (C=O) groups is 2. The van der Waals surface area contributed by atoms with E-state index >= 15 is 0 Å². The van der Waals surface area contributed by atoms with E-state index < -0.39 is 17.5 Å². The summed E-state index contributed by atoms with van der Waals surface area (Å²) in [7, 11) is 1.60. The first-order valence-corrected chi connectivity index (χ1v) is 13.7. The number of aromatic nitrogens is 1. The molecule has 3 aromatic rings. The highest BCUT2D eigenvalue weighted by Crippen LogP contribution is 2.28. The minimum atomic E-state index is -0.923. The molecule has 0 spiro atoms. The number of nitrogens with zero attached hydrogens (tertiary/aromatic N) is 3. The minimum absolute atomic E-state index is 0.0106. The van der Waals surface area contributed by atoms with Crippen LogP contribution in [-0.4, -0.2) is 72.1 Å². The highest BCUT2D eigenvalue weighted by atomic mass is 35.5. The summed E-state index contributed by atoms with van der Waals surface area (Å²) in [6.45, 7) is 1.95. The average Bonchev–Trinajstić information content (AvgIpc) is 2.99. The third-order valence-corrected chi connectivity index (χ3v) is 7.75. The van der Waals surface area contributed by atoms with Crippen molar-refractivity contribution in [2.75, 3.05) is 33.3 Å². The Labute approximate surface area is 236 Å². The van der Waals surface area contributed by atoms with Crippen LogP contribution in [0.3, 0.4) is 0 Å². The summed E-state index contributed by atoms with van der Waals surface area (Å²) < 4.78 is 39.3. The molecule has 0 radical (unpaired) electrons. The highest BCUT2D eigenvalue weighted by molar-refractivity contribution is 6.31. The van der Waals surface area contributed by atoms with Crippen LogP contribution in [0, 0.1) is 11.6 Å². The summed E-state index contributed by atoms with van der Waals surface area (Å²) in [6, 6.07) is 12.7. The minimum Gasteiger partial charge on any atom is -0.497 e. The van der Waals surface area contributed by atoms with Gasteiger partial charge in [-0.2, -0.15) is 0 Å². The lowest BCUT2D eigenvalue weighted by molar-refractivity contribution is -0.0593. The van der Waals surface area contributed by atoms with Gasteiger partial charge in [0, 0.05) is 44.0 Å². The maximum atomic E-state index is 14.2. The molecule has 0 atom stereocenters. The number of ether oxygens (including phenoxy) is 2. The van der Waals surface area contributed by atoms with Crippen molar-refractivity contribution in [1.82, 2.24) is 14.8 Å². The molecule has 10 heteroatoms. The molecule has 3 heterocycles. The van der Waals surface area contributed by atoms with Crippen molar-refractivity contribution in [3.8, 4) is 17.0 Å². The number of pyridine rings is 1. The summed E-state index contributed by atoms with van der Waals surface area (Å²) in [4.78, 5) is 34.1. The van der Waals surface area contributed by atoms with Gasteiger partial charge in [0.05, 0.1) is 41.2 Å². The van der Waals surface area contributed by atoms with Gasteiger partial charge in [-0.15, -0.1) is 0 Å². The predicted octanol–water partition coefficient (Wildman–Crippen LogP) is 5.61. The average molecular weight is 570 g/mol. The number of rotatable bonds is 6. The van der Waals surface area contributed by atoms with Gasteiger partial charge in [-0.25, -0.2) is 8.78 Å². The number of hydrogen-bond acceptors (Lipinski definition) is 5. The zero-order valence-corrected chi connectivity index (χ0v) is 22.9. The number of hydrogen-bond donors (Lipinski definition) is 0. The summed E-state index contributed by atoms with van der Waals surface area (Å²) >= 11 is 5.75. The van der Waals surface area contributed by atoms with Crippen molar-refractivity contribution in [3.63, 3.8) is 0 Å². The first kappa shape index (κ1) is 28.0. The van der Waals surface area contributed by atoms with Gasteiger partial charge in [-0.1, -0.05) is 23.7 Å². The molecule has 2 amide bonds. The highest BCUT2D eigenvalue weighted by Gasteiger charge is 2.31. The molecule has 0 bridgehead atoms. The van der Waals surface area contributed by atoms with Crippen LogP contribution in [-0.2, 0) is 4.74 Å². The molecule has 0 saturated carbocycles. The van der Waals surface area contributed by atoms with Gasteiger partial charge < -0.3 is 19.3 Å². The summed E-state index contributed by atoms with van der Waals surface area (Å²) in [5.41, 5.74) is 1.75. The molecular formula is C30H30ClF2N3O4. The maximum Gasteiger partial charge on any atom is 0.256 e. The molecule has 0 aliphatic carbocycles. The smallest absolute Gasteiger partial charge is 0.256 e. The fourth-order valence-electron chi connectivity index (χ4n) is 5.27. The second kappa shape index (κ2) is 12.3. The van der Waals surface area contributed by atoms with Crippen molar-refractivity contribution < 1.29 is 27.8 Å². The Morgan fingerprint density at radius 2 is 1.48 bits per heavy atom. The van der Waals surface area contributed by atoms with Crippen molar-refractivity contribution in [2.45, 2.75) is 37.9 Å². The van der Waals surface area contributed by atoms with E-state index in [0.29, 0.717) is 74.9 Å². The van der Waals surface area contributed by atoms with Gasteiger partial charge in [-0.05, 0) is 56.0 Å². The molecule has 2 aliphatic heterocycles. The Kier molecular flexibility index (Phi) is 8.61. The quantitative estimate of drug-likeness (QED) is 0.361. The van der Waals surface area contributed by atoms with Crippen LogP contribution in [0.15, 0.2) is 54.7 Å². The Morgan fingerprint density at radius 1 is 0.850 bits per heavy atom. The number of likely N-dealkylation sites (tertiary alicyclic amines) is 2. The van der Waals surface area contributed by atoms with Crippen molar-refractivity contribution in [1.29, 1.82) is 0 Å². The Morgan fingerprint density at radius 3 is 2.10 bits per heavy atom. The predicted molar refractivity (Wildman–Crippen MR) is 147 cm³/mol. The van der Waals surface area contributed by atoms with E-state index in [4.69, 9.17) is 21.1 Å². The third kappa shape index (κ3) is 6.10. The van der Waals surface area contributed by atoms with E-state index in [9.17, 15) is 18.4 Å². The van der Waals surface area contributed by atoms with Crippen molar-refractivity contribution >= 4 is 23.4 Å². The number of carbonyl (C=O) groups excluding carboxylic acids is 2. The van der Waals surface area contributed by atoms with Crippen LogP contribution in [0.5, 0.6) is 5.75 Å². The summed E-state index contributed by atoms with van der Waals surface area (Å²) in [5, 5.41) is -0.284. The van der Waals surface area contributed by atoms with Crippen LogP contribution < -0.4 is 4.74 Å². The summed E-state index contributed by atoms with van der Waals surface area (Å²) in [6.07, 6.45) is 4.29. The molecule has 210 valence electrons. The van der Waals surface area contributed by atoms with Gasteiger partial charge in [0.15, 0.2) is 0 Å². The van der Waals surface area contributed by atoms with Gasteiger partial charge in [-0.3, -0.25) is 14.6 Å². The second-order valence-corrected chi connectivity index (χ2v) is 10.4. The first-order valence-electron chi connectivity index (χ1n) is 13.3. The normalized spacial score (nSPS) is 16.7. The Bertz CT molecular complexity index is 1390. The van der Waals surface area contributed by atoms with Crippen LogP contribution in [0.25, 0.3) is 11.3 Å². The van der Waals surface area contributed by atoms with E-state index in [1.54, 1.807) is 30.3 Å². The molecule has 2 aliphatic rings. The van der Waals surface area contributed by atoms with E-state index in [1.807, 2.05) is 29.2 Å². The number of halogens is 3. The zero-order chi connectivity index (χ0) is 28.2. The molecule has 7 nitrogen and oxygen atoms in total. The number of piperidine rings is 2. The SMILES string of the molecule is COc1cccc(-c2ncccc2C(=O)N2CCC(OC3CCN(C(=O)c4cc(Cl)c(F)cc4F)CC3)CC2)c1. The van der Waals surface area contributed by atoms with Gasteiger partial charge in [0.2, 0.25) is 0 Å². The molecule has 0 unspecified atom stereocenters. The zero-order valence-electron chi connectivity index (χ0n) is 22.1. The van der Waals surface area contributed by atoms with Crippen molar-refractivity contribution in [3.05, 3.63) is 82.5 Å². The van der Waals surface area contributed by atoms with Crippen LogP contribution in [0.1, 0.15) is 46.4 Å². The summed E-state index contributed by atoms with van der Waals surface area (Å²) in [5.74, 6) is -1.69. The lowest BCUT2D eigenvalue weighted by Gasteiger charge is -2.37. The fraction of sp³-hybridized carbons (Fsp3) is 0.367. The molecule has 1 aromatic heterocycles. The Hall–Kier alpha value is -3.56. The second-order valence-electron chi connectivity index (χ2n) is 10.00. The van der Waals surface area contributed by atoms with Crippen molar-refractivity contribution in [2.24, 2.45) is 0 Å². The van der Waals surface area contributed by atoms with Crippen LogP contribution >= 0.6 is 11.6 Å². The largest absolute Gasteiger partial charge is 0.497 e. The van der Waals surface area contributed by atoms with Crippen LogP contribution in [0.4, 0.5) is 8.78 Å². The molecule has 40 heavy (non-hydrogen) atoms. The third-order valence-electron chi connectivity index (χ3n) is 7.46. The topological polar surface area (TPSA) is 72.0 Å². The molecule has 2 aromatic carbocycles. The first-order chi connectivity index (χ1) is 19.3. The maximum absolute atomic E-state index is 14.2. The number of methoxy groups -OCH3 is 1. The van der Waals surface area contributed by atoms with E-state index in [-0.39, 0.29) is 28.7 Å². The molecule has 5 rings (SSSR count). The molecule has 0 N–H and O–H groups in total. The lowest BCUT2D eigenvalue weighted by atomic mass is 10.0. The molecular weight excluding hydrogens is 540 g/mol.